The summed E-state index contributed by atoms with van der Waals surface area (Å²) in [5.41, 5.74) is -0.763. The number of carboxylic acids is 1. The number of hydrogen-bond donors (Lipinski definition) is 2. The van der Waals surface area contributed by atoms with E-state index in [9.17, 15) is 4.79 Å². The second-order valence-electron chi connectivity index (χ2n) is 4.31. The standard InChI is InChI=1S/C11H17NO3/c1-8(9-5-4-6-15-9)12-7-11(2,3)10(13)14/h4-6,8,12H,7H2,1-3H3,(H,13,14). The summed E-state index contributed by atoms with van der Waals surface area (Å²) < 4.78 is 5.21. The van der Waals surface area contributed by atoms with Crippen LogP contribution in [0.15, 0.2) is 22.8 Å². The van der Waals surface area contributed by atoms with E-state index in [-0.39, 0.29) is 6.04 Å². The summed E-state index contributed by atoms with van der Waals surface area (Å²) >= 11 is 0. The van der Waals surface area contributed by atoms with Crippen molar-refractivity contribution in [2.45, 2.75) is 26.8 Å². The van der Waals surface area contributed by atoms with E-state index < -0.39 is 11.4 Å². The zero-order valence-electron chi connectivity index (χ0n) is 9.28. The molecule has 0 saturated heterocycles. The molecule has 4 nitrogen and oxygen atoms in total. The van der Waals surface area contributed by atoms with Gasteiger partial charge in [-0.15, -0.1) is 0 Å². The van der Waals surface area contributed by atoms with E-state index in [1.165, 1.54) is 0 Å². The van der Waals surface area contributed by atoms with Crippen molar-refractivity contribution in [2.75, 3.05) is 6.54 Å². The number of nitrogens with one attached hydrogen (secondary N) is 1. The number of carboxylic acid groups (broad SMARTS) is 1. The summed E-state index contributed by atoms with van der Waals surface area (Å²) in [6, 6.07) is 3.71. The van der Waals surface area contributed by atoms with Gasteiger partial charge in [-0.25, -0.2) is 0 Å². The first kappa shape index (κ1) is 11.8. The molecule has 4 heteroatoms. The highest BCUT2D eigenvalue weighted by atomic mass is 16.4. The lowest BCUT2D eigenvalue weighted by Crippen LogP contribution is -2.37. The third-order valence-corrected chi connectivity index (χ3v) is 2.40. The molecule has 0 amide bonds. The summed E-state index contributed by atoms with van der Waals surface area (Å²) in [5.74, 6) is 0.0119. The van der Waals surface area contributed by atoms with Gasteiger partial charge in [-0.3, -0.25) is 4.79 Å². The first-order valence-corrected chi connectivity index (χ1v) is 4.93. The number of hydrogen-bond acceptors (Lipinski definition) is 3. The van der Waals surface area contributed by atoms with Crippen LogP contribution in [0.2, 0.25) is 0 Å². The fraction of sp³-hybridized carbons (Fsp3) is 0.545. The molecule has 0 aliphatic carbocycles. The Morgan fingerprint density at radius 2 is 2.33 bits per heavy atom. The molecule has 0 bridgehead atoms. The van der Waals surface area contributed by atoms with Crippen LogP contribution in [0.3, 0.4) is 0 Å². The average molecular weight is 211 g/mol. The highest BCUT2D eigenvalue weighted by Gasteiger charge is 2.27. The first-order chi connectivity index (χ1) is 6.93. The number of aliphatic carboxylic acids is 1. The highest BCUT2D eigenvalue weighted by molar-refractivity contribution is 5.73. The molecule has 0 aliphatic heterocycles. The van der Waals surface area contributed by atoms with Crippen molar-refractivity contribution in [1.29, 1.82) is 0 Å². The SMILES string of the molecule is CC(NCC(C)(C)C(=O)O)c1ccco1. The fourth-order valence-corrected chi connectivity index (χ4v) is 1.12. The first-order valence-electron chi connectivity index (χ1n) is 4.93. The number of furan rings is 1. The number of carbonyl (C=O) groups is 1. The molecule has 1 rings (SSSR count). The van der Waals surface area contributed by atoms with Gasteiger partial charge in [0.05, 0.1) is 17.7 Å². The second kappa shape index (κ2) is 4.49. The molecule has 0 spiro atoms. The fourth-order valence-electron chi connectivity index (χ4n) is 1.12. The van der Waals surface area contributed by atoms with Crippen molar-refractivity contribution in [3.63, 3.8) is 0 Å². The van der Waals surface area contributed by atoms with Gasteiger partial charge in [0.2, 0.25) is 0 Å². The maximum Gasteiger partial charge on any atom is 0.310 e. The van der Waals surface area contributed by atoms with E-state index >= 15 is 0 Å². The Morgan fingerprint density at radius 1 is 1.67 bits per heavy atom. The quantitative estimate of drug-likeness (QED) is 0.782. The van der Waals surface area contributed by atoms with Crippen LogP contribution in [0.5, 0.6) is 0 Å². The highest BCUT2D eigenvalue weighted by Crippen LogP contribution is 2.17. The summed E-state index contributed by atoms with van der Waals surface area (Å²) in [6.07, 6.45) is 1.61. The summed E-state index contributed by atoms with van der Waals surface area (Å²) in [5, 5.41) is 12.1. The van der Waals surface area contributed by atoms with Crippen LogP contribution in [-0.2, 0) is 4.79 Å². The molecule has 0 aromatic carbocycles. The summed E-state index contributed by atoms with van der Waals surface area (Å²) in [6.45, 7) is 5.73. The molecule has 0 saturated carbocycles. The van der Waals surface area contributed by atoms with Gasteiger partial charge >= 0.3 is 5.97 Å². The normalized spacial score (nSPS) is 13.8. The molecule has 0 fully saturated rings. The molecule has 0 radical (unpaired) electrons. The van der Waals surface area contributed by atoms with Crippen molar-refractivity contribution < 1.29 is 14.3 Å². The van der Waals surface area contributed by atoms with Gasteiger partial charge in [-0.1, -0.05) is 0 Å². The largest absolute Gasteiger partial charge is 0.481 e. The molecule has 1 aromatic rings. The lowest BCUT2D eigenvalue weighted by molar-refractivity contribution is -0.146. The predicted octanol–water partition coefficient (Wildman–Crippen LogP) is 2.04. The molecule has 1 atom stereocenters. The molecule has 1 unspecified atom stereocenters. The van der Waals surface area contributed by atoms with Crippen molar-refractivity contribution in [3.8, 4) is 0 Å². The van der Waals surface area contributed by atoms with E-state index in [1.54, 1.807) is 20.1 Å². The average Bonchev–Trinajstić information content (AvgIpc) is 2.66. The van der Waals surface area contributed by atoms with Crippen LogP contribution in [0.25, 0.3) is 0 Å². The Hall–Kier alpha value is -1.29. The molecule has 15 heavy (non-hydrogen) atoms. The van der Waals surface area contributed by atoms with Crippen molar-refractivity contribution >= 4 is 5.97 Å². The van der Waals surface area contributed by atoms with Crippen LogP contribution in [-0.4, -0.2) is 17.6 Å². The third kappa shape index (κ3) is 3.09. The minimum Gasteiger partial charge on any atom is -0.481 e. The van der Waals surface area contributed by atoms with Gasteiger partial charge in [0.1, 0.15) is 5.76 Å². The van der Waals surface area contributed by atoms with Crippen molar-refractivity contribution in [3.05, 3.63) is 24.2 Å². The van der Waals surface area contributed by atoms with Gasteiger partial charge in [0.25, 0.3) is 0 Å². The van der Waals surface area contributed by atoms with E-state index in [0.717, 1.165) is 5.76 Å². The van der Waals surface area contributed by atoms with Crippen LogP contribution >= 0.6 is 0 Å². The Labute approximate surface area is 89.3 Å². The van der Waals surface area contributed by atoms with E-state index in [4.69, 9.17) is 9.52 Å². The van der Waals surface area contributed by atoms with E-state index in [0.29, 0.717) is 6.54 Å². The van der Waals surface area contributed by atoms with Crippen molar-refractivity contribution in [2.24, 2.45) is 5.41 Å². The molecular formula is C11H17NO3. The van der Waals surface area contributed by atoms with Crippen LogP contribution in [0, 0.1) is 5.41 Å². The zero-order valence-corrected chi connectivity index (χ0v) is 9.28. The lowest BCUT2D eigenvalue weighted by atomic mass is 9.93. The lowest BCUT2D eigenvalue weighted by Gasteiger charge is -2.21. The smallest absolute Gasteiger partial charge is 0.310 e. The van der Waals surface area contributed by atoms with Crippen LogP contribution in [0.4, 0.5) is 0 Å². The van der Waals surface area contributed by atoms with Gasteiger partial charge in [-0.2, -0.15) is 0 Å². The predicted molar refractivity (Wildman–Crippen MR) is 56.5 cm³/mol. The van der Waals surface area contributed by atoms with Gasteiger partial charge < -0.3 is 14.8 Å². The van der Waals surface area contributed by atoms with Gasteiger partial charge in [0, 0.05) is 6.54 Å². The molecule has 2 N–H and O–H groups in total. The second-order valence-corrected chi connectivity index (χ2v) is 4.31. The third-order valence-electron chi connectivity index (χ3n) is 2.40. The maximum absolute atomic E-state index is 10.9. The van der Waals surface area contributed by atoms with E-state index in [1.807, 2.05) is 19.1 Å². The zero-order chi connectivity index (χ0) is 11.5. The molecule has 0 aliphatic rings. The summed E-state index contributed by atoms with van der Waals surface area (Å²) in [7, 11) is 0. The molecular weight excluding hydrogens is 194 g/mol. The molecule has 1 aromatic heterocycles. The monoisotopic (exact) mass is 211 g/mol. The van der Waals surface area contributed by atoms with E-state index in [2.05, 4.69) is 5.32 Å². The topological polar surface area (TPSA) is 62.5 Å². The Morgan fingerprint density at radius 3 is 2.80 bits per heavy atom. The van der Waals surface area contributed by atoms with Crippen molar-refractivity contribution in [1.82, 2.24) is 5.32 Å². The Kier molecular flexibility index (Phi) is 3.52. The Balaban J connectivity index is 2.47. The number of rotatable bonds is 5. The minimum atomic E-state index is -0.804. The van der Waals surface area contributed by atoms with Crippen LogP contribution < -0.4 is 5.32 Å². The van der Waals surface area contributed by atoms with Crippen LogP contribution in [0.1, 0.15) is 32.6 Å². The van der Waals surface area contributed by atoms with Gasteiger partial charge in [0.15, 0.2) is 0 Å². The summed E-state index contributed by atoms with van der Waals surface area (Å²) in [4.78, 5) is 10.9. The minimum absolute atomic E-state index is 0.0265. The maximum atomic E-state index is 10.9. The Bertz CT molecular complexity index is 317. The molecule has 84 valence electrons. The van der Waals surface area contributed by atoms with Gasteiger partial charge in [-0.05, 0) is 32.9 Å². The molecule has 1 heterocycles.